The van der Waals surface area contributed by atoms with Crippen LogP contribution in [0.4, 0.5) is 5.13 Å². The Morgan fingerprint density at radius 2 is 1.72 bits per heavy atom. The highest BCUT2D eigenvalue weighted by Gasteiger charge is 2.29. The molecule has 0 radical (unpaired) electrons. The number of benzene rings is 2. The molecule has 3 heterocycles. The van der Waals surface area contributed by atoms with Crippen LogP contribution in [0.2, 0.25) is 0 Å². The predicted octanol–water partition coefficient (Wildman–Crippen LogP) is 4.09. The number of nitrogens with one attached hydrogen (secondary N) is 1. The van der Waals surface area contributed by atoms with Gasteiger partial charge in [0, 0.05) is 32.7 Å². The number of amides is 1. The summed E-state index contributed by atoms with van der Waals surface area (Å²) in [5.74, 6) is 0.200. The van der Waals surface area contributed by atoms with Crippen LogP contribution in [-0.4, -0.2) is 73.0 Å². The van der Waals surface area contributed by atoms with E-state index in [2.05, 4.69) is 41.1 Å². The third kappa shape index (κ3) is 6.79. The molecule has 0 unspecified atom stereocenters. The number of hydrogen-bond donors (Lipinski definition) is 2. The molecule has 2 aliphatic rings. The molecule has 3 aromatic rings. The number of hydrogen-bond acceptors (Lipinski definition) is 8. The van der Waals surface area contributed by atoms with E-state index in [9.17, 15) is 13.2 Å². The number of aromatic nitrogens is 1. The highest BCUT2D eigenvalue weighted by Crippen LogP contribution is 2.28. The van der Waals surface area contributed by atoms with E-state index in [4.69, 9.17) is 5.21 Å². The van der Waals surface area contributed by atoms with E-state index in [1.54, 1.807) is 17.6 Å². The number of likely N-dealkylation sites (tertiary alicyclic amines) is 1. The summed E-state index contributed by atoms with van der Waals surface area (Å²) in [5.41, 5.74) is 4.96. The molecule has 39 heavy (non-hydrogen) atoms. The fourth-order valence-electron chi connectivity index (χ4n) is 4.99. The number of halogens is 1. The molecule has 0 atom stereocenters. The van der Waals surface area contributed by atoms with E-state index < -0.39 is 15.9 Å². The van der Waals surface area contributed by atoms with Crippen LogP contribution < -0.4 is 10.4 Å². The van der Waals surface area contributed by atoms with Gasteiger partial charge in [-0.3, -0.25) is 14.9 Å². The van der Waals surface area contributed by atoms with Gasteiger partial charge in [0.25, 0.3) is 5.91 Å². The van der Waals surface area contributed by atoms with Crippen LogP contribution in [0.25, 0.3) is 11.1 Å². The van der Waals surface area contributed by atoms with Gasteiger partial charge in [-0.15, -0.1) is 12.4 Å². The third-order valence-electron chi connectivity index (χ3n) is 7.36. The van der Waals surface area contributed by atoms with E-state index in [0.717, 1.165) is 48.0 Å². The number of hydroxylamine groups is 1. The lowest BCUT2D eigenvalue weighted by Crippen LogP contribution is -2.48. The molecule has 2 saturated heterocycles. The highest BCUT2D eigenvalue weighted by molar-refractivity contribution is 7.89. The van der Waals surface area contributed by atoms with Crippen LogP contribution in [-0.2, 0) is 16.6 Å². The second kappa shape index (κ2) is 12.8. The molecule has 210 valence electrons. The van der Waals surface area contributed by atoms with E-state index in [-0.39, 0.29) is 17.3 Å². The summed E-state index contributed by atoms with van der Waals surface area (Å²) in [6.45, 7) is 7.11. The van der Waals surface area contributed by atoms with Crippen LogP contribution >= 0.6 is 23.7 Å². The van der Waals surface area contributed by atoms with Gasteiger partial charge in [0.2, 0.25) is 10.0 Å². The van der Waals surface area contributed by atoms with Crippen molar-refractivity contribution in [1.82, 2.24) is 19.7 Å². The highest BCUT2D eigenvalue weighted by atomic mass is 35.5. The summed E-state index contributed by atoms with van der Waals surface area (Å²) in [4.78, 5) is 20.8. The fraction of sp³-hybridized carbons (Fsp3) is 0.407. The smallest absolute Gasteiger partial charge is 0.286 e. The molecule has 1 amide bonds. The Hall–Kier alpha value is -2.54. The number of carbonyl (C=O) groups is 1. The number of thiazole rings is 1. The lowest BCUT2D eigenvalue weighted by molar-refractivity contribution is 0.0710. The van der Waals surface area contributed by atoms with E-state index in [1.807, 2.05) is 17.0 Å². The standard InChI is InChI=1S/C27H33N5O4S2.ClH/c1-20-9-11-30(12-10-20)19-21-3-2-4-23(17-21)22-5-7-24(8-6-22)38(35,36)32-15-13-31(14-16-32)27-28-18-25(37-27)26(33)29-34;/h2-8,17-18,20,34H,9-16,19H2,1H3,(H,29,33);1H. The number of rotatable bonds is 7. The molecule has 12 heteroatoms. The molecule has 0 aliphatic carbocycles. The average molecular weight is 592 g/mol. The Labute approximate surface area is 239 Å². The number of nitrogens with zero attached hydrogens (tertiary/aromatic N) is 4. The molecule has 2 N–H and O–H groups in total. The summed E-state index contributed by atoms with van der Waals surface area (Å²) in [7, 11) is -3.62. The predicted molar refractivity (Wildman–Crippen MR) is 155 cm³/mol. The fourth-order valence-corrected chi connectivity index (χ4v) is 7.27. The van der Waals surface area contributed by atoms with Gasteiger partial charge in [0.05, 0.1) is 11.1 Å². The second-order valence-electron chi connectivity index (χ2n) is 10.0. The van der Waals surface area contributed by atoms with Gasteiger partial charge in [-0.2, -0.15) is 4.31 Å². The lowest BCUT2D eigenvalue weighted by atomic mass is 9.98. The zero-order valence-electron chi connectivity index (χ0n) is 21.8. The zero-order chi connectivity index (χ0) is 26.7. The van der Waals surface area contributed by atoms with Gasteiger partial charge in [-0.1, -0.05) is 48.6 Å². The van der Waals surface area contributed by atoms with Gasteiger partial charge in [-0.25, -0.2) is 18.9 Å². The van der Waals surface area contributed by atoms with Crippen molar-refractivity contribution in [2.45, 2.75) is 31.2 Å². The van der Waals surface area contributed by atoms with Crippen LogP contribution in [0.3, 0.4) is 0 Å². The topological polar surface area (TPSA) is 106 Å². The summed E-state index contributed by atoms with van der Waals surface area (Å²) >= 11 is 1.16. The minimum atomic E-state index is -3.62. The van der Waals surface area contributed by atoms with Crippen molar-refractivity contribution in [3.8, 4) is 11.1 Å². The number of piperidine rings is 1. The zero-order valence-corrected chi connectivity index (χ0v) is 24.3. The maximum atomic E-state index is 13.3. The first-order valence-corrected chi connectivity index (χ1v) is 15.2. The Bertz CT molecular complexity index is 1370. The quantitative estimate of drug-likeness (QED) is 0.315. The third-order valence-corrected chi connectivity index (χ3v) is 10.3. The molecular weight excluding hydrogens is 558 g/mol. The summed E-state index contributed by atoms with van der Waals surface area (Å²) in [5, 5.41) is 9.42. The molecule has 0 saturated carbocycles. The van der Waals surface area contributed by atoms with Gasteiger partial charge in [0.15, 0.2) is 5.13 Å². The number of anilines is 1. The van der Waals surface area contributed by atoms with Gasteiger partial charge in [-0.05, 0) is 66.7 Å². The van der Waals surface area contributed by atoms with Crippen molar-refractivity contribution in [2.75, 3.05) is 44.2 Å². The van der Waals surface area contributed by atoms with Crippen molar-refractivity contribution in [3.63, 3.8) is 0 Å². The van der Waals surface area contributed by atoms with Gasteiger partial charge < -0.3 is 4.90 Å². The number of piperazine rings is 1. The van der Waals surface area contributed by atoms with Crippen molar-refractivity contribution < 1.29 is 18.4 Å². The van der Waals surface area contributed by atoms with Gasteiger partial charge >= 0.3 is 0 Å². The second-order valence-corrected chi connectivity index (χ2v) is 13.0. The summed E-state index contributed by atoms with van der Waals surface area (Å²) in [6, 6.07) is 15.7. The average Bonchev–Trinajstić information content (AvgIpc) is 3.45. The van der Waals surface area contributed by atoms with Crippen LogP contribution in [0.15, 0.2) is 59.6 Å². The minimum absolute atomic E-state index is 0. The van der Waals surface area contributed by atoms with E-state index in [0.29, 0.717) is 36.2 Å². The molecule has 0 spiro atoms. The van der Waals surface area contributed by atoms with Crippen LogP contribution in [0.5, 0.6) is 0 Å². The molecular formula is C27H34ClN5O4S2. The summed E-state index contributed by atoms with van der Waals surface area (Å²) < 4.78 is 28.1. The first kappa shape index (κ1) is 29.4. The maximum absolute atomic E-state index is 13.3. The van der Waals surface area contributed by atoms with Gasteiger partial charge in [0.1, 0.15) is 4.88 Å². The number of carbonyl (C=O) groups excluding carboxylic acids is 1. The Morgan fingerprint density at radius 1 is 1.03 bits per heavy atom. The van der Waals surface area contributed by atoms with E-state index >= 15 is 0 Å². The molecule has 0 bridgehead atoms. The first-order valence-electron chi connectivity index (χ1n) is 12.9. The molecule has 2 fully saturated rings. The monoisotopic (exact) mass is 591 g/mol. The SMILES string of the molecule is CC1CCN(Cc2cccc(-c3ccc(S(=O)(=O)N4CCN(c5ncc(C(=O)NO)s5)CC4)cc3)c2)CC1.Cl. The molecule has 1 aromatic heterocycles. The Balaban J connectivity index is 0.00000353. The lowest BCUT2D eigenvalue weighted by Gasteiger charge is -2.33. The Morgan fingerprint density at radius 3 is 2.38 bits per heavy atom. The largest absolute Gasteiger partial charge is 0.345 e. The van der Waals surface area contributed by atoms with Crippen molar-refractivity contribution in [3.05, 3.63) is 65.2 Å². The van der Waals surface area contributed by atoms with Crippen molar-refractivity contribution >= 4 is 44.8 Å². The molecule has 2 aromatic carbocycles. The van der Waals surface area contributed by atoms with E-state index in [1.165, 1.54) is 28.9 Å². The van der Waals surface area contributed by atoms with Crippen molar-refractivity contribution in [1.29, 1.82) is 0 Å². The van der Waals surface area contributed by atoms with Crippen molar-refractivity contribution in [2.24, 2.45) is 5.92 Å². The molecule has 5 rings (SSSR count). The first-order chi connectivity index (χ1) is 18.3. The Kier molecular flexibility index (Phi) is 9.63. The number of sulfonamides is 1. The maximum Gasteiger partial charge on any atom is 0.286 e. The normalized spacial score (nSPS) is 17.5. The van der Waals surface area contributed by atoms with Crippen LogP contribution in [0, 0.1) is 5.92 Å². The minimum Gasteiger partial charge on any atom is -0.345 e. The molecule has 2 aliphatic heterocycles. The summed E-state index contributed by atoms with van der Waals surface area (Å²) in [6.07, 6.45) is 3.90. The molecule has 9 nitrogen and oxygen atoms in total. The van der Waals surface area contributed by atoms with Crippen LogP contribution in [0.1, 0.15) is 35.0 Å².